The van der Waals surface area contributed by atoms with Crippen LogP contribution in [0.4, 0.5) is 4.39 Å². The number of halogens is 1. The Morgan fingerprint density at radius 3 is 2.61 bits per heavy atom. The quantitative estimate of drug-likeness (QED) is 0.795. The molecule has 1 unspecified atom stereocenters. The van der Waals surface area contributed by atoms with Crippen LogP contribution < -0.4 is 14.8 Å². The Labute approximate surface area is 164 Å². The van der Waals surface area contributed by atoms with Crippen molar-refractivity contribution >= 4 is 5.91 Å². The lowest BCUT2D eigenvalue weighted by atomic mass is 10.0. The van der Waals surface area contributed by atoms with Crippen LogP contribution in [0.2, 0.25) is 0 Å². The molecule has 1 saturated heterocycles. The number of ether oxygens (including phenoxy) is 2. The van der Waals surface area contributed by atoms with Crippen LogP contribution in [0.3, 0.4) is 0 Å². The third kappa shape index (κ3) is 4.44. The number of carbonyl (C=O) groups excluding carboxylic acids is 1. The maximum Gasteiger partial charge on any atom is 0.231 e. The molecule has 1 amide bonds. The van der Waals surface area contributed by atoms with Crippen LogP contribution in [0.25, 0.3) is 0 Å². The maximum absolute atomic E-state index is 13.0. The first-order valence-electron chi connectivity index (χ1n) is 9.84. The average Bonchev–Trinajstić information content (AvgIpc) is 3.39. The number of aryl methyl sites for hydroxylation is 1. The van der Waals surface area contributed by atoms with Crippen LogP contribution in [-0.4, -0.2) is 37.2 Å². The number of benzene rings is 2. The van der Waals surface area contributed by atoms with Crippen molar-refractivity contribution in [2.24, 2.45) is 0 Å². The smallest absolute Gasteiger partial charge is 0.231 e. The molecule has 0 spiro atoms. The van der Waals surface area contributed by atoms with E-state index in [1.165, 1.54) is 25.0 Å². The number of amides is 1. The Kier molecular flexibility index (Phi) is 5.76. The molecule has 4 rings (SSSR count). The predicted octanol–water partition coefficient (Wildman–Crippen LogP) is 3.44. The first-order chi connectivity index (χ1) is 13.7. The predicted molar refractivity (Wildman–Crippen MR) is 104 cm³/mol. The third-order valence-corrected chi connectivity index (χ3v) is 5.41. The molecule has 0 aromatic heterocycles. The van der Waals surface area contributed by atoms with E-state index >= 15 is 0 Å². The molecule has 0 aliphatic carbocycles. The molecule has 6 heteroatoms. The molecule has 0 radical (unpaired) electrons. The molecular formula is C22H25FN2O3. The van der Waals surface area contributed by atoms with Crippen LogP contribution in [0, 0.1) is 5.82 Å². The van der Waals surface area contributed by atoms with Crippen molar-refractivity contribution in [2.45, 2.75) is 31.7 Å². The lowest BCUT2D eigenvalue weighted by molar-refractivity contribution is -0.121. The van der Waals surface area contributed by atoms with Crippen LogP contribution in [0.5, 0.6) is 11.5 Å². The van der Waals surface area contributed by atoms with E-state index in [0.29, 0.717) is 19.4 Å². The van der Waals surface area contributed by atoms with Gasteiger partial charge in [-0.3, -0.25) is 9.69 Å². The van der Waals surface area contributed by atoms with Gasteiger partial charge in [0.15, 0.2) is 11.5 Å². The second-order valence-electron chi connectivity index (χ2n) is 7.30. The minimum absolute atomic E-state index is 0.00858. The summed E-state index contributed by atoms with van der Waals surface area (Å²) in [5.41, 5.74) is 2.09. The van der Waals surface area contributed by atoms with Crippen LogP contribution in [-0.2, 0) is 11.2 Å². The third-order valence-electron chi connectivity index (χ3n) is 5.41. The Hall–Kier alpha value is -2.60. The summed E-state index contributed by atoms with van der Waals surface area (Å²) in [7, 11) is 0. The normalized spacial score (nSPS) is 16.9. The Balaban J connectivity index is 1.37. The fraction of sp³-hybridized carbons (Fsp3) is 0.409. The van der Waals surface area contributed by atoms with Crippen LogP contribution in [0.15, 0.2) is 42.5 Å². The molecular weight excluding hydrogens is 359 g/mol. The Morgan fingerprint density at radius 2 is 1.82 bits per heavy atom. The Bertz CT molecular complexity index is 819. The fourth-order valence-corrected chi connectivity index (χ4v) is 3.84. The fourth-order valence-electron chi connectivity index (χ4n) is 3.84. The van der Waals surface area contributed by atoms with Crippen LogP contribution in [0.1, 0.15) is 36.4 Å². The number of carbonyl (C=O) groups is 1. The molecule has 0 bridgehead atoms. The van der Waals surface area contributed by atoms with Gasteiger partial charge in [-0.1, -0.05) is 18.2 Å². The highest BCUT2D eigenvalue weighted by Gasteiger charge is 2.26. The summed E-state index contributed by atoms with van der Waals surface area (Å²) in [4.78, 5) is 14.8. The highest BCUT2D eigenvalue weighted by atomic mass is 19.1. The SMILES string of the molecule is O=C(CCc1ccc(F)cc1)NCC(c1ccc2c(c1)OCO2)N1CCCC1. The second kappa shape index (κ2) is 8.61. The Morgan fingerprint density at radius 1 is 1.07 bits per heavy atom. The van der Waals surface area contributed by atoms with Gasteiger partial charge in [0.2, 0.25) is 12.7 Å². The number of nitrogens with one attached hydrogen (secondary N) is 1. The number of rotatable bonds is 7. The zero-order valence-corrected chi connectivity index (χ0v) is 15.8. The standard InChI is InChI=1S/C22H25FN2O3/c23-18-7-3-16(4-8-18)5-10-22(26)24-14-19(25-11-1-2-12-25)17-6-9-20-21(13-17)28-15-27-20/h3-4,6-9,13,19H,1-2,5,10-12,14-15H2,(H,24,26). The molecule has 2 aromatic carbocycles. The molecule has 2 heterocycles. The minimum Gasteiger partial charge on any atom is -0.454 e. The highest BCUT2D eigenvalue weighted by molar-refractivity contribution is 5.76. The summed E-state index contributed by atoms with van der Waals surface area (Å²) >= 11 is 0. The maximum atomic E-state index is 13.0. The van der Waals surface area contributed by atoms with Gasteiger partial charge < -0.3 is 14.8 Å². The van der Waals surface area contributed by atoms with Crippen LogP contribution >= 0.6 is 0 Å². The number of hydrogen-bond donors (Lipinski definition) is 1. The molecule has 1 atom stereocenters. The summed E-state index contributed by atoms with van der Waals surface area (Å²) in [6, 6.07) is 12.4. The van der Waals surface area contributed by atoms with Crippen molar-refractivity contribution in [1.29, 1.82) is 0 Å². The summed E-state index contributed by atoms with van der Waals surface area (Å²) in [6.45, 7) is 2.88. The van der Waals surface area contributed by atoms with Crippen molar-refractivity contribution < 1.29 is 18.7 Å². The molecule has 2 aromatic rings. The molecule has 1 N–H and O–H groups in total. The largest absolute Gasteiger partial charge is 0.454 e. The van der Waals surface area contributed by atoms with Crippen molar-refractivity contribution in [3.8, 4) is 11.5 Å². The molecule has 148 valence electrons. The van der Waals surface area contributed by atoms with Gasteiger partial charge in [-0.2, -0.15) is 0 Å². The highest BCUT2D eigenvalue weighted by Crippen LogP contribution is 2.36. The summed E-state index contributed by atoms with van der Waals surface area (Å²) < 4.78 is 23.9. The molecule has 1 fully saturated rings. The number of fused-ring (bicyclic) bond motifs is 1. The average molecular weight is 384 g/mol. The number of hydrogen-bond acceptors (Lipinski definition) is 4. The van der Waals surface area contributed by atoms with E-state index in [-0.39, 0.29) is 24.6 Å². The van der Waals surface area contributed by atoms with Gasteiger partial charge in [0.1, 0.15) is 5.82 Å². The first-order valence-corrected chi connectivity index (χ1v) is 9.84. The summed E-state index contributed by atoms with van der Waals surface area (Å²) in [5.74, 6) is 1.29. The minimum atomic E-state index is -0.259. The van der Waals surface area contributed by atoms with Crippen molar-refractivity contribution in [2.75, 3.05) is 26.4 Å². The zero-order valence-electron chi connectivity index (χ0n) is 15.8. The summed E-state index contributed by atoms with van der Waals surface area (Å²) in [5, 5.41) is 3.08. The monoisotopic (exact) mass is 384 g/mol. The van der Waals surface area contributed by atoms with Crippen molar-refractivity contribution in [3.05, 3.63) is 59.4 Å². The molecule has 0 saturated carbocycles. The van der Waals surface area contributed by atoms with E-state index in [1.807, 2.05) is 12.1 Å². The topological polar surface area (TPSA) is 50.8 Å². The molecule has 28 heavy (non-hydrogen) atoms. The second-order valence-corrected chi connectivity index (χ2v) is 7.30. The number of nitrogens with zero attached hydrogens (tertiary/aromatic N) is 1. The molecule has 5 nitrogen and oxygen atoms in total. The summed E-state index contributed by atoms with van der Waals surface area (Å²) in [6.07, 6.45) is 3.35. The first kappa shape index (κ1) is 18.7. The van der Waals surface area contributed by atoms with E-state index in [1.54, 1.807) is 12.1 Å². The lowest BCUT2D eigenvalue weighted by Gasteiger charge is -2.28. The van der Waals surface area contributed by atoms with E-state index in [4.69, 9.17) is 9.47 Å². The van der Waals surface area contributed by atoms with Gasteiger partial charge in [-0.25, -0.2) is 4.39 Å². The molecule has 2 aliphatic rings. The van der Waals surface area contributed by atoms with E-state index in [0.717, 1.165) is 35.7 Å². The lowest BCUT2D eigenvalue weighted by Crippen LogP contribution is -2.36. The van der Waals surface area contributed by atoms with E-state index < -0.39 is 0 Å². The number of likely N-dealkylation sites (tertiary alicyclic amines) is 1. The van der Waals surface area contributed by atoms with Gasteiger partial charge in [-0.15, -0.1) is 0 Å². The van der Waals surface area contributed by atoms with Gasteiger partial charge in [0.05, 0.1) is 6.04 Å². The van der Waals surface area contributed by atoms with Crippen molar-refractivity contribution in [3.63, 3.8) is 0 Å². The van der Waals surface area contributed by atoms with E-state index in [9.17, 15) is 9.18 Å². The van der Waals surface area contributed by atoms with Gasteiger partial charge in [0, 0.05) is 13.0 Å². The zero-order chi connectivity index (χ0) is 19.3. The molecule has 2 aliphatic heterocycles. The van der Waals surface area contributed by atoms with Gasteiger partial charge in [0.25, 0.3) is 0 Å². The van der Waals surface area contributed by atoms with Gasteiger partial charge in [-0.05, 0) is 67.7 Å². The van der Waals surface area contributed by atoms with E-state index in [2.05, 4.69) is 16.3 Å². The van der Waals surface area contributed by atoms with Crippen molar-refractivity contribution in [1.82, 2.24) is 10.2 Å². The van der Waals surface area contributed by atoms with Gasteiger partial charge >= 0.3 is 0 Å².